The average molecular weight is 379 g/mol. The SMILES string of the molecule is CN(C)S(=O)(=O)N1CCCC[C@H]1c1nc(N)ncc1-c1ccccc1F. The summed E-state index contributed by atoms with van der Waals surface area (Å²) in [5, 5.41) is 0. The number of hydrogen-bond acceptors (Lipinski definition) is 5. The molecule has 1 aromatic heterocycles. The molecule has 0 radical (unpaired) electrons. The zero-order valence-electron chi connectivity index (χ0n) is 14.8. The van der Waals surface area contributed by atoms with Gasteiger partial charge in [-0.3, -0.25) is 0 Å². The first-order valence-corrected chi connectivity index (χ1v) is 9.78. The number of nitrogens with zero attached hydrogens (tertiary/aromatic N) is 4. The Kier molecular flexibility index (Phi) is 5.22. The zero-order valence-corrected chi connectivity index (χ0v) is 15.6. The van der Waals surface area contributed by atoms with Crippen LogP contribution in [0.2, 0.25) is 0 Å². The summed E-state index contributed by atoms with van der Waals surface area (Å²) in [6.45, 7) is 0.381. The number of anilines is 1. The van der Waals surface area contributed by atoms with E-state index in [9.17, 15) is 12.8 Å². The summed E-state index contributed by atoms with van der Waals surface area (Å²) in [5.41, 5.74) is 7.00. The molecule has 3 rings (SSSR count). The molecule has 0 amide bonds. The molecule has 1 fully saturated rings. The normalized spacial score (nSPS) is 19.0. The summed E-state index contributed by atoms with van der Waals surface area (Å²) in [6, 6.07) is 5.77. The van der Waals surface area contributed by atoms with E-state index in [2.05, 4.69) is 9.97 Å². The highest BCUT2D eigenvalue weighted by Crippen LogP contribution is 2.38. The Morgan fingerprint density at radius 2 is 1.96 bits per heavy atom. The predicted molar refractivity (Wildman–Crippen MR) is 97.7 cm³/mol. The van der Waals surface area contributed by atoms with Gasteiger partial charge in [0.05, 0.1) is 11.7 Å². The van der Waals surface area contributed by atoms with E-state index in [4.69, 9.17) is 5.73 Å². The predicted octanol–water partition coefficient (Wildman–Crippen LogP) is 2.20. The Labute approximate surface area is 152 Å². The van der Waals surface area contributed by atoms with Crippen LogP contribution in [0.1, 0.15) is 31.0 Å². The topological polar surface area (TPSA) is 92.4 Å². The quantitative estimate of drug-likeness (QED) is 0.879. The van der Waals surface area contributed by atoms with Gasteiger partial charge in [-0.15, -0.1) is 0 Å². The van der Waals surface area contributed by atoms with Gasteiger partial charge in [0.1, 0.15) is 5.82 Å². The van der Waals surface area contributed by atoms with Crippen LogP contribution in [-0.2, 0) is 10.2 Å². The number of halogens is 1. The van der Waals surface area contributed by atoms with Gasteiger partial charge in [-0.25, -0.2) is 14.4 Å². The molecule has 2 heterocycles. The third kappa shape index (κ3) is 3.42. The molecule has 1 aliphatic heterocycles. The van der Waals surface area contributed by atoms with Crippen molar-refractivity contribution in [3.8, 4) is 11.1 Å². The molecule has 1 aliphatic rings. The van der Waals surface area contributed by atoms with Crippen molar-refractivity contribution in [2.24, 2.45) is 0 Å². The Bertz CT molecular complexity index is 904. The summed E-state index contributed by atoms with van der Waals surface area (Å²) in [6.07, 6.45) is 3.67. The molecule has 0 spiro atoms. The van der Waals surface area contributed by atoms with Gasteiger partial charge in [-0.2, -0.15) is 17.0 Å². The third-order valence-electron chi connectivity index (χ3n) is 4.53. The van der Waals surface area contributed by atoms with Crippen LogP contribution in [0.5, 0.6) is 0 Å². The largest absolute Gasteiger partial charge is 0.368 e. The zero-order chi connectivity index (χ0) is 18.9. The fourth-order valence-electron chi connectivity index (χ4n) is 3.21. The summed E-state index contributed by atoms with van der Waals surface area (Å²) >= 11 is 0. The van der Waals surface area contributed by atoms with Gasteiger partial charge in [-0.05, 0) is 18.9 Å². The molecule has 0 saturated carbocycles. The van der Waals surface area contributed by atoms with E-state index in [-0.39, 0.29) is 5.95 Å². The molecule has 0 aliphatic carbocycles. The number of nitrogens with two attached hydrogens (primary N) is 1. The Morgan fingerprint density at radius 3 is 2.65 bits per heavy atom. The van der Waals surface area contributed by atoms with Crippen LogP contribution in [0.25, 0.3) is 11.1 Å². The molecule has 9 heteroatoms. The fraction of sp³-hybridized carbons (Fsp3) is 0.412. The molecule has 2 aromatic rings. The first-order chi connectivity index (χ1) is 12.3. The number of nitrogen functional groups attached to an aromatic ring is 1. The maximum absolute atomic E-state index is 14.4. The fourth-order valence-corrected chi connectivity index (χ4v) is 4.52. The summed E-state index contributed by atoms with van der Waals surface area (Å²) in [7, 11) is -0.661. The highest BCUT2D eigenvalue weighted by Gasteiger charge is 2.37. The molecular formula is C17H22FN5O2S. The van der Waals surface area contributed by atoms with Crippen molar-refractivity contribution in [2.45, 2.75) is 25.3 Å². The van der Waals surface area contributed by atoms with E-state index < -0.39 is 22.1 Å². The summed E-state index contributed by atoms with van der Waals surface area (Å²) in [5.74, 6) is -0.382. The number of benzene rings is 1. The van der Waals surface area contributed by atoms with Crippen LogP contribution < -0.4 is 5.73 Å². The smallest absolute Gasteiger partial charge is 0.282 e. The Balaban J connectivity index is 2.16. The molecule has 1 atom stereocenters. The van der Waals surface area contributed by atoms with E-state index in [1.807, 2.05) is 0 Å². The van der Waals surface area contributed by atoms with Crippen molar-refractivity contribution in [1.82, 2.24) is 18.6 Å². The lowest BCUT2D eigenvalue weighted by atomic mass is 9.95. The first kappa shape index (κ1) is 18.7. The Morgan fingerprint density at radius 1 is 1.23 bits per heavy atom. The highest BCUT2D eigenvalue weighted by atomic mass is 32.2. The van der Waals surface area contributed by atoms with Gasteiger partial charge in [0.2, 0.25) is 5.95 Å². The standard InChI is InChI=1S/C17H22FN5O2S/c1-22(2)26(24,25)23-10-6-5-9-15(23)16-13(11-20-17(19)21-16)12-7-3-4-8-14(12)18/h3-4,7-8,11,15H,5-6,9-10H2,1-2H3,(H2,19,20,21)/t15-/m0/s1. The van der Waals surface area contributed by atoms with Crippen molar-refractivity contribution in [2.75, 3.05) is 26.4 Å². The van der Waals surface area contributed by atoms with Crippen LogP contribution in [0.3, 0.4) is 0 Å². The van der Waals surface area contributed by atoms with Crippen LogP contribution in [-0.4, -0.2) is 47.6 Å². The van der Waals surface area contributed by atoms with Crippen LogP contribution in [0.4, 0.5) is 10.3 Å². The van der Waals surface area contributed by atoms with Crippen molar-refractivity contribution in [3.63, 3.8) is 0 Å². The minimum Gasteiger partial charge on any atom is -0.368 e. The second-order valence-corrected chi connectivity index (χ2v) is 8.51. The molecule has 26 heavy (non-hydrogen) atoms. The molecule has 140 valence electrons. The van der Waals surface area contributed by atoms with Crippen LogP contribution >= 0.6 is 0 Å². The van der Waals surface area contributed by atoms with Crippen molar-refractivity contribution >= 4 is 16.2 Å². The lowest BCUT2D eigenvalue weighted by Gasteiger charge is -2.36. The molecule has 7 nitrogen and oxygen atoms in total. The van der Waals surface area contributed by atoms with E-state index in [1.165, 1.54) is 35.0 Å². The minimum absolute atomic E-state index is 0.0351. The number of hydrogen-bond donors (Lipinski definition) is 1. The minimum atomic E-state index is -3.65. The van der Waals surface area contributed by atoms with Gasteiger partial charge in [0, 0.05) is 38.0 Å². The highest BCUT2D eigenvalue weighted by molar-refractivity contribution is 7.86. The lowest BCUT2D eigenvalue weighted by molar-refractivity contribution is 0.239. The van der Waals surface area contributed by atoms with Gasteiger partial charge in [-0.1, -0.05) is 24.6 Å². The number of piperidine rings is 1. The molecule has 0 unspecified atom stereocenters. The maximum atomic E-state index is 14.4. The Hall–Kier alpha value is -2.10. The van der Waals surface area contributed by atoms with Crippen molar-refractivity contribution < 1.29 is 12.8 Å². The number of aromatic nitrogens is 2. The van der Waals surface area contributed by atoms with Gasteiger partial charge in [0.25, 0.3) is 10.2 Å². The number of rotatable bonds is 4. The van der Waals surface area contributed by atoms with E-state index in [0.717, 1.165) is 12.8 Å². The molecule has 0 bridgehead atoms. The summed E-state index contributed by atoms with van der Waals surface area (Å²) < 4.78 is 42.5. The molecular weight excluding hydrogens is 357 g/mol. The maximum Gasteiger partial charge on any atom is 0.282 e. The van der Waals surface area contributed by atoms with Crippen LogP contribution in [0.15, 0.2) is 30.5 Å². The van der Waals surface area contributed by atoms with Crippen LogP contribution in [0, 0.1) is 5.82 Å². The summed E-state index contributed by atoms with van der Waals surface area (Å²) in [4.78, 5) is 8.31. The van der Waals surface area contributed by atoms with Gasteiger partial charge >= 0.3 is 0 Å². The van der Waals surface area contributed by atoms with Gasteiger partial charge < -0.3 is 5.73 Å². The molecule has 2 N–H and O–H groups in total. The van der Waals surface area contributed by atoms with E-state index in [0.29, 0.717) is 29.8 Å². The second kappa shape index (κ2) is 7.26. The second-order valence-electron chi connectivity index (χ2n) is 6.42. The van der Waals surface area contributed by atoms with E-state index >= 15 is 0 Å². The van der Waals surface area contributed by atoms with Crippen molar-refractivity contribution in [1.29, 1.82) is 0 Å². The van der Waals surface area contributed by atoms with E-state index in [1.54, 1.807) is 18.2 Å². The lowest BCUT2D eigenvalue weighted by Crippen LogP contribution is -2.45. The molecule has 1 aromatic carbocycles. The van der Waals surface area contributed by atoms with Crippen molar-refractivity contribution in [3.05, 3.63) is 42.0 Å². The molecule has 1 saturated heterocycles. The monoisotopic (exact) mass is 379 g/mol. The first-order valence-electron chi connectivity index (χ1n) is 8.39. The average Bonchev–Trinajstić information content (AvgIpc) is 2.62. The van der Waals surface area contributed by atoms with Gasteiger partial charge in [0.15, 0.2) is 0 Å². The third-order valence-corrected chi connectivity index (χ3v) is 6.48.